The van der Waals surface area contributed by atoms with Gasteiger partial charge in [-0.05, 0) is 43.9 Å². The number of piperazine rings is 1. The van der Waals surface area contributed by atoms with Crippen LogP contribution < -0.4 is 5.32 Å². The van der Waals surface area contributed by atoms with Crippen LogP contribution in [0, 0.1) is 11.8 Å². The van der Waals surface area contributed by atoms with E-state index in [0.29, 0.717) is 11.9 Å². The molecule has 0 radical (unpaired) electrons. The lowest BCUT2D eigenvalue weighted by Crippen LogP contribution is -2.53. The fourth-order valence-corrected chi connectivity index (χ4v) is 4.55. The van der Waals surface area contributed by atoms with Crippen LogP contribution in [0.4, 0.5) is 0 Å². The van der Waals surface area contributed by atoms with Gasteiger partial charge in [0.05, 0.1) is 6.04 Å². The number of halogens is 2. The van der Waals surface area contributed by atoms with Crippen molar-refractivity contribution in [3.8, 4) is 0 Å². The van der Waals surface area contributed by atoms with Crippen molar-refractivity contribution in [2.24, 2.45) is 11.8 Å². The van der Waals surface area contributed by atoms with Crippen molar-refractivity contribution in [3.05, 3.63) is 0 Å². The molecule has 0 aromatic heterocycles. The summed E-state index contributed by atoms with van der Waals surface area (Å²) < 4.78 is 0. The molecule has 4 aliphatic rings. The van der Waals surface area contributed by atoms with Crippen LogP contribution in [0.2, 0.25) is 0 Å². The Hall–Kier alpha value is -0.0300. The average molecular weight is 364 g/mol. The fraction of sp³-hybridized carbons (Fsp3) is 0.941. The zero-order valence-corrected chi connectivity index (χ0v) is 15.5. The molecule has 4 nitrogen and oxygen atoms in total. The van der Waals surface area contributed by atoms with Crippen LogP contribution in [-0.2, 0) is 4.79 Å². The highest BCUT2D eigenvalue weighted by Gasteiger charge is 2.40. The molecule has 6 heteroatoms. The maximum absolute atomic E-state index is 12.7. The quantitative estimate of drug-likeness (QED) is 0.835. The van der Waals surface area contributed by atoms with Gasteiger partial charge in [0.1, 0.15) is 0 Å². The minimum absolute atomic E-state index is 0. The molecule has 134 valence electrons. The third kappa shape index (κ3) is 4.53. The topological polar surface area (TPSA) is 35.6 Å². The predicted molar refractivity (Wildman–Crippen MR) is 97.5 cm³/mol. The molecule has 0 spiro atoms. The molecule has 2 saturated heterocycles. The van der Waals surface area contributed by atoms with Gasteiger partial charge in [0.25, 0.3) is 0 Å². The largest absolute Gasteiger partial charge is 0.339 e. The third-order valence-corrected chi connectivity index (χ3v) is 6.06. The number of fused-ring (bicyclic) bond motifs is 1. The first kappa shape index (κ1) is 19.3. The van der Waals surface area contributed by atoms with Gasteiger partial charge in [-0.15, -0.1) is 24.8 Å². The molecule has 0 aromatic rings. The van der Waals surface area contributed by atoms with Crippen molar-refractivity contribution in [3.63, 3.8) is 0 Å². The number of nitrogens with zero attached hydrogens (tertiary/aromatic N) is 2. The average Bonchev–Trinajstić information content (AvgIpc) is 3.22. The first-order chi connectivity index (χ1) is 10.3. The predicted octanol–water partition coefficient (Wildman–Crippen LogP) is 2.30. The molecule has 4 fully saturated rings. The summed E-state index contributed by atoms with van der Waals surface area (Å²) in [5, 5.41) is 3.64. The zero-order valence-electron chi connectivity index (χ0n) is 13.9. The van der Waals surface area contributed by atoms with E-state index in [9.17, 15) is 4.79 Å². The highest BCUT2D eigenvalue weighted by atomic mass is 35.5. The highest BCUT2D eigenvalue weighted by molar-refractivity contribution is 5.85. The second-order valence-corrected chi connectivity index (χ2v) is 7.68. The summed E-state index contributed by atoms with van der Waals surface area (Å²) in [6, 6.07) is 0.747. The molecular formula is C17H31Cl2N3O. The van der Waals surface area contributed by atoms with Crippen molar-refractivity contribution in [1.82, 2.24) is 15.1 Å². The summed E-state index contributed by atoms with van der Waals surface area (Å²) in [5.41, 5.74) is 0. The van der Waals surface area contributed by atoms with E-state index in [4.69, 9.17) is 0 Å². The lowest BCUT2D eigenvalue weighted by Gasteiger charge is -2.36. The minimum atomic E-state index is 0. The highest BCUT2D eigenvalue weighted by Crippen LogP contribution is 2.34. The summed E-state index contributed by atoms with van der Waals surface area (Å²) in [7, 11) is 0. The molecule has 2 aliphatic heterocycles. The molecule has 1 N–H and O–H groups in total. The van der Waals surface area contributed by atoms with Crippen LogP contribution in [0.1, 0.15) is 44.9 Å². The van der Waals surface area contributed by atoms with Crippen molar-refractivity contribution in [2.45, 2.75) is 57.0 Å². The Kier molecular flexibility index (Phi) is 7.02. The molecule has 1 amide bonds. The second kappa shape index (κ2) is 8.37. The van der Waals surface area contributed by atoms with Gasteiger partial charge in [-0.25, -0.2) is 0 Å². The molecule has 2 saturated carbocycles. The minimum Gasteiger partial charge on any atom is -0.339 e. The molecule has 2 aliphatic carbocycles. The first-order valence-electron chi connectivity index (χ1n) is 9.07. The van der Waals surface area contributed by atoms with E-state index in [1.807, 2.05) is 0 Å². The van der Waals surface area contributed by atoms with Crippen LogP contribution in [0.5, 0.6) is 0 Å². The lowest BCUT2D eigenvalue weighted by molar-refractivity contribution is -0.135. The molecule has 0 aromatic carbocycles. The van der Waals surface area contributed by atoms with Crippen LogP contribution in [0.3, 0.4) is 0 Å². The van der Waals surface area contributed by atoms with E-state index in [0.717, 1.165) is 44.4 Å². The van der Waals surface area contributed by atoms with Crippen molar-refractivity contribution >= 4 is 30.7 Å². The maximum atomic E-state index is 12.7. The molecule has 0 bridgehead atoms. The summed E-state index contributed by atoms with van der Waals surface area (Å²) in [5.74, 6) is 2.12. The number of carbonyl (C=O) groups is 1. The number of hydrogen-bond acceptors (Lipinski definition) is 3. The van der Waals surface area contributed by atoms with E-state index in [1.165, 1.54) is 45.1 Å². The maximum Gasteiger partial charge on any atom is 0.239 e. The van der Waals surface area contributed by atoms with Gasteiger partial charge < -0.3 is 10.2 Å². The molecule has 2 heterocycles. The van der Waals surface area contributed by atoms with Crippen molar-refractivity contribution in [2.75, 3.05) is 32.7 Å². The van der Waals surface area contributed by atoms with Gasteiger partial charge in [-0.3, -0.25) is 9.69 Å². The lowest BCUT2D eigenvalue weighted by atomic mass is 9.85. The molecule has 3 unspecified atom stereocenters. The number of amides is 1. The van der Waals surface area contributed by atoms with Crippen LogP contribution >= 0.6 is 24.8 Å². The van der Waals surface area contributed by atoms with Gasteiger partial charge in [-0.2, -0.15) is 0 Å². The van der Waals surface area contributed by atoms with Gasteiger partial charge >= 0.3 is 0 Å². The smallest absolute Gasteiger partial charge is 0.239 e. The monoisotopic (exact) mass is 363 g/mol. The van der Waals surface area contributed by atoms with Gasteiger partial charge in [0.2, 0.25) is 5.91 Å². The molecule has 3 atom stereocenters. The van der Waals surface area contributed by atoms with Gasteiger partial charge in [0.15, 0.2) is 0 Å². The molecule has 23 heavy (non-hydrogen) atoms. The normalized spacial score (nSPS) is 34.3. The van der Waals surface area contributed by atoms with Crippen molar-refractivity contribution in [1.29, 1.82) is 0 Å². The van der Waals surface area contributed by atoms with Gasteiger partial charge in [-0.1, -0.05) is 12.8 Å². The van der Waals surface area contributed by atoms with E-state index >= 15 is 0 Å². The van der Waals surface area contributed by atoms with E-state index in [-0.39, 0.29) is 30.9 Å². The Morgan fingerprint density at radius 1 is 0.957 bits per heavy atom. The summed E-state index contributed by atoms with van der Waals surface area (Å²) in [6.45, 7) is 5.33. The van der Waals surface area contributed by atoms with Crippen molar-refractivity contribution < 1.29 is 4.79 Å². The molecular weight excluding hydrogens is 333 g/mol. The van der Waals surface area contributed by atoms with Gasteiger partial charge in [0, 0.05) is 38.8 Å². The third-order valence-electron chi connectivity index (χ3n) is 6.06. The van der Waals surface area contributed by atoms with Crippen LogP contribution in [-0.4, -0.2) is 60.5 Å². The Balaban J connectivity index is 0.000000960. The Labute approximate surface area is 152 Å². The second-order valence-electron chi connectivity index (χ2n) is 7.68. The number of nitrogens with one attached hydrogen (secondary N) is 1. The number of rotatable bonds is 3. The summed E-state index contributed by atoms with van der Waals surface area (Å²) in [6.07, 6.45) is 9.26. The number of carbonyl (C=O) groups excluding carboxylic acids is 1. The summed E-state index contributed by atoms with van der Waals surface area (Å²) in [4.78, 5) is 17.4. The Bertz CT molecular complexity index is 383. The first-order valence-corrected chi connectivity index (χ1v) is 9.07. The van der Waals surface area contributed by atoms with Crippen LogP contribution in [0.25, 0.3) is 0 Å². The fourth-order valence-electron chi connectivity index (χ4n) is 4.55. The van der Waals surface area contributed by atoms with E-state index in [1.54, 1.807) is 0 Å². The summed E-state index contributed by atoms with van der Waals surface area (Å²) >= 11 is 0. The SMILES string of the molecule is Cl.Cl.O=C(C1CC2CCCCC2N1)N1CCN(CC2CC2)CC1. The Morgan fingerprint density at radius 3 is 2.30 bits per heavy atom. The van der Waals surface area contributed by atoms with E-state index < -0.39 is 0 Å². The van der Waals surface area contributed by atoms with Crippen LogP contribution in [0.15, 0.2) is 0 Å². The number of hydrogen-bond donors (Lipinski definition) is 1. The molecule has 4 rings (SSSR count). The Morgan fingerprint density at radius 2 is 1.65 bits per heavy atom. The van der Waals surface area contributed by atoms with E-state index in [2.05, 4.69) is 15.1 Å². The zero-order chi connectivity index (χ0) is 14.2. The standard InChI is InChI=1S/C17H29N3O.2ClH/c21-17(16-11-14-3-1-2-4-15(14)18-16)20-9-7-19(8-10-20)12-13-5-6-13;;/h13-16,18H,1-12H2;2*1H.